The van der Waals surface area contributed by atoms with Gasteiger partial charge in [-0.15, -0.1) is 0 Å². The van der Waals surface area contributed by atoms with E-state index in [9.17, 15) is 18.8 Å². The molecule has 0 aliphatic carbocycles. The third kappa shape index (κ3) is 4.35. The summed E-state index contributed by atoms with van der Waals surface area (Å²) in [6, 6.07) is 11.6. The number of anilines is 1. The number of halogens is 2. The monoisotopic (exact) mass is 475 g/mol. The van der Waals surface area contributed by atoms with Crippen LogP contribution in [-0.4, -0.2) is 24.4 Å². The molecule has 7 nitrogen and oxygen atoms in total. The van der Waals surface area contributed by atoms with Crippen molar-refractivity contribution in [2.24, 2.45) is 0 Å². The van der Waals surface area contributed by atoms with E-state index in [1.165, 1.54) is 36.1 Å². The quantitative estimate of drug-likeness (QED) is 0.494. The first-order valence-electron chi connectivity index (χ1n) is 9.12. The Morgan fingerprint density at radius 3 is 2.33 bits per heavy atom. The number of amides is 2. The van der Waals surface area contributed by atoms with Gasteiger partial charge in [0.25, 0.3) is 5.91 Å². The van der Waals surface area contributed by atoms with Gasteiger partial charge in [-0.05, 0) is 48.9 Å². The van der Waals surface area contributed by atoms with E-state index in [1.807, 2.05) is 0 Å². The molecule has 0 saturated heterocycles. The van der Waals surface area contributed by atoms with Crippen LogP contribution >= 0.6 is 15.9 Å². The number of ether oxygens (including phenoxy) is 1. The molecule has 2 amide bonds. The summed E-state index contributed by atoms with van der Waals surface area (Å²) in [6.07, 6.45) is 0. The summed E-state index contributed by atoms with van der Waals surface area (Å²) in [5.74, 6) is -2.15. The van der Waals surface area contributed by atoms with Crippen LogP contribution in [0, 0.1) is 5.82 Å². The van der Waals surface area contributed by atoms with Gasteiger partial charge in [-0.2, -0.15) is 0 Å². The molecule has 156 valence electrons. The molecular weight excluding hydrogens is 457 g/mol. The second-order valence-corrected chi connectivity index (χ2v) is 7.34. The fourth-order valence-electron chi connectivity index (χ4n) is 3.14. The van der Waals surface area contributed by atoms with Gasteiger partial charge in [0.05, 0.1) is 18.2 Å². The van der Waals surface area contributed by atoms with E-state index in [1.54, 1.807) is 31.2 Å². The number of nitrogens with one attached hydrogen (secondary N) is 2. The Balaban J connectivity index is 2.18. The maximum atomic E-state index is 13.5. The predicted octanol–water partition coefficient (Wildman–Crippen LogP) is 3.13. The normalized spacial score (nSPS) is 15.9. The first-order valence-corrected chi connectivity index (χ1v) is 9.91. The van der Waals surface area contributed by atoms with E-state index in [0.29, 0.717) is 11.3 Å². The summed E-state index contributed by atoms with van der Waals surface area (Å²) in [7, 11) is 0. The van der Waals surface area contributed by atoms with Crippen molar-refractivity contribution in [2.45, 2.75) is 19.9 Å². The summed E-state index contributed by atoms with van der Waals surface area (Å²) in [4.78, 5) is 39.0. The third-order valence-corrected chi connectivity index (χ3v) is 4.91. The average Bonchev–Trinajstić information content (AvgIpc) is 3.00. The van der Waals surface area contributed by atoms with Crippen LogP contribution in [0.15, 0.2) is 64.3 Å². The van der Waals surface area contributed by atoms with E-state index < -0.39 is 29.6 Å². The van der Waals surface area contributed by atoms with E-state index in [4.69, 9.17) is 4.74 Å². The van der Waals surface area contributed by atoms with Gasteiger partial charge in [0.2, 0.25) is 5.91 Å². The lowest BCUT2D eigenvalue weighted by molar-refractivity contribution is -0.139. The molecule has 0 radical (unpaired) electrons. The number of hydrazine groups is 1. The lowest BCUT2D eigenvalue weighted by atomic mass is 9.98. The molecule has 9 heteroatoms. The average molecular weight is 476 g/mol. The van der Waals surface area contributed by atoms with E-state index in [-0.39, 0.29) is 17.9 Å². The van der Waals surface area contributed by atoms with Crippen LogP contribution in [0.5, 0.6) is 0 Å². The van der Waals surface area contributed by atoms with Gasteiger partial charge >= 0.3 is 5.97 Å². The third-order valence-electron chi connectivity index (χ3n) is 4.38. The lowest BCUT2D eigenvalue weighted by Crippen LogP contribution is -2.40. The fraction of sp³-hybridized carbons (Fsp3) is 0.190. The molecule has 3 rings (SSSR count). The molecule has 0 spiro atoms. The van der Waals surface area contributed by atoms with Crippen molar-refractivity contribution in [1.29, 1.82) is 0 Å². The lowest BCUT2D eigenvalue weighted by Gasteiger charge is -2.27. The zero-order valence-electron chi connectivity index (χ0n) is 16.2. The Morgan fingerprint density at radius 1 is 1.13 bits per heavy atom. The molecule has 2 aromatic rings. The zero-order chi connectivity index (χ0) is 21.8. The molecule has 0 fully saturated rings. The molecule has 1 unspecified atom stereocenters. The number of rotatable bonds is 6. The maximum absolute atomic E-state index is 13.5. The smallest absolute Gasteiger partial charge is 0.338 e. The van der Waals surface area contributed by atoms with Crippen LogP contribution in [0.2, 0.25) is 0 Å². The van der Waals surface area contributed by atoms with E-state index in [0.717, 1.165) is 4.47 Å². The molecule has 1 aliphatic heterocycles. The number of hydrogen-bond donors (Lipinski definition) is 2. The van der Waals surface area contributed by atoms with Crippen molar-refractivity contribution in [2.75, 3.05) is 11.5 Å². The van der Waals surface area contributed by atoms with Gasteiger partial charge in [-0.1, -0.05) is 28.1 Å². The molecule has 1 heterocycles. The Hall–Kier alpha value is -3.20. The molecule has 0 aromatic heterocycles. The van der Waals surface area contributed by atoms with Crippen LogP contribution in [0.25, 0.3) is 0 Å². The summed E-state index contributed by atoms with van der Waals surface area (Å²) in [6.45, 7) is 3.01. The fourth-order valence-corrected chi connectivity index (χ4v) is 3.41. The first kappa shape index (κ1) is 21.5. The Bertz CT molecular complexity index is 1010. The summed E-state index contributed by atoms with van der Waals surface area (Å²) < 4.78 is 19.5. The highest BCUT2D eigenvalue weighted by Gasteiger charge is 2.45. The second kappa shape index (κ2) is 9.08. The number of benzene rings is 2. The van der Waals surface area contributed by atoms with Crippen LogP contribution in [0.1, 0.15) is 25.5 Å². The largest absolute Gasteiger partial charge is 0.463 e. The Morgan fingerprint density at radius 2 is 1.77 bits per heavy atom. The minimum atomic E-state index is -0.880. The first-order chi connectivity index (χ1) is 14.3. The van der Waals surface area contributed by atoms with Gasteiger partial charge in [-0.3, -0.25) is 25.3 Å². The van der Waals surface area contributed by atoms with Gasteiger partial charge < -0.3 is 4.74 Å². The maximum Gasteiger partial charge on any atom is 0.338 e. The molecule has 30 heavy (non-hydrogen) atoms. The molecule has 0 bridgehead atoms. The summed E-state index contributed by atoms with van der Waals surface area (Å²) >= 11 is 3.36. The van der Waals surface area contributed by atoms with Gasteiger partial charge in [0.15, 0.2) is 0 Å². The van der Waals surface area contributed by atoms with Gasteiger partial charge in [-0.25, -0.2) is 9.18 Å². The van der Waals surface area contributed by atoms with Crippen molar-refractivity contribution >= 4 is 39.4 Å². The molecule has 0 saturated carbocycles. The minimum absolute atomic E-state index is 0.0186. The van der Waals surface area contributed by atoms with Crippen molar-refractivity contribution in [3.05, 3.63) is 75.7 Å². The standard InChI is InChI=1S/C21H19BrFN3O4/c1-3-30-21(29)17-18(25-24-12(2)27)20(28)26(16-10-6-14(22)7-11-16)19(17)13-4-8-15(23)9-5-13/h4-11,19,25H,3H2,1-2H3,(H,24,27). The van der Waals surface area contributed by atoms with Gasteiger partial charge in [0, 0.05) is 17.1 Å². The topological polar surface area (TPSA) is 87.7 Å². The highest BCUT2D eigenvalue weighted by Crippen LogP contribution is 2.41. The SMILES string of the molecule is CCOC(=O)C1=C(NNC(C)=O)C(=O)N(c2ccc(Br)cc2)C1c1ccc(F)cc1. The Kier molecular flexibility index (Phi) is 6.51. The van der Waals surface area contributed by atoms with E-state index >= 15 is 0 Å². The molecule has 1 atom stereocenters. The number of carbonyl (C=O) groups excluding carboxylic acids is 3. The number of hydrogen-bond acceptors (Lipinski definition) is 5. The summed E-state index contributed by atoms with van der Waals surface area (Å²) in [5.41, 5.74) is 5.82. The summed E-state index contributed by atoms with van der Waals surface area (Å²) in [5, 5.41) is 0. The van der Waals surface area contributed by atoms with Crippen LogP contribution in [0.4, 0.5) is 10.1 Å². The predicted molar refractivity (Wildman–Crippen MR) is 111 cm³/mol. The number of carbonyl (C=O) groups is 3. The van der Waals surface area contributed by atoms with Crippen molar-refractivity contribution in [3.8, 4) is 0 Å². The molecule has 1 aliphatic rings. The van der Waals surface area contributed by atoms with Crippen molar-refractivity contribution < 1.29 is 23.5 Å². The second-order valence-electron chi connectivity index (χ2n) is 6.42. The number of esters is 1. The van der Waals surface area contributed by atoms with E-state index in [2.05, 4.69) is 26.8 Å². The minimum Gasteiger partial charge on any atom is -0.463 e. The van der Waals surface area contributed by atoms with Crippen molar-refractivity contribution in [3.63, 3.8) is 0 Å². The highest BCUT2D eigenvalue weighted by atomic mass is 79.9. The molecular formula is C21H19BrFN3O4. The van der Waals surface area contributed by atoms with Gasteiger partial charge in [0.1, 0.15) is 11.5 Å². The van der Waals surface area contributed by atoms with Crippen LogP contribution in [0.3, 0.4) is 0 Å². The Labute approximate surface area is 181 Å². The molecule has 2 N–H and O–H groups in total. The zero-order valence-corrected chi connectivity index (χ0v) is 17.8. The highest BCUT2D eigenvalue weighted by molar-refractivity contribution is 9.10. The molecule has 2 aromatic carbocycles. The number of nitrogens with zero attached hydrogens (tertiary/aromatic N) is 1. The van der Waals surface area contributed by atoms with Crippen LogP contribution < -0.4 is 15.8 Å². The van der Waals surface area contributed by atoms with Crippen LogP contribution in [-0.2, 0) is 19.1 Å². The van der Waals surface area contributed by atoms with Crippen molar-refractivity contribution in [1.82, 2.24) is 10.9 Å².